The molecule has 1 heterocycles. The van der Waals surface area contributed by atoms with Crippen molar-refractivity contribution in [1.82, 2.24) is 0 Å². The number of carboxylic acids is 1. The second kappa shape index (κ2) is 7.61. The molecule has 4 nitrogen and oxygen atoms in total. The lowest BCUT2D eigenvalue weighted by Gasteiger charge is -2.34. The van der Waals surface area contributed by atoms with E-state index >= 15 is 0 Å². The van der Waals surface area contributed by atoms with Crippen LogP contribution < -0.4 is 4.90 Å². The summed E-state index contributed by atoms with van der Waals surface area (Å²) in [6.45, 7) is 5.86. The number of anilines is 1. The van der Waals surface area contributed by atoms with Crippen LogP contribution in [0.2, 0.25) is 0 Å². The number of carbonyl (C=O) groups is 1. The maximum absolute atomic E-state index is 11.4. The van der Waals surface area contributed by atoms with Crippen LogP contribution in [0.15, 0.2) is 36.4 Å². The number of aryl methyl sites for hydroxylation is 2. The van der Waals surface area contributed by atoms with Crippen LogP contribution in [0, 0.1) is 31.1 Å². The zero-order valence-corrected chi connectivity index (χ0v) is 15.3. The molecule has 3 rings (SSSR count). The largest absolute Gasteiger partial charge is 0.478 e. The van der Waals surface area contributed by atoms with Crippen molar-refractivity contribution in [1.29, 1.82) is 5.26 Å². The standard InChI is InChI=1S/C22H24N2O2/c1-15-10-16(2)21(22(25)26)13-19(15)11-17-6-8-24(9-7-17)20-5-3-4-18(12-20)14-23/h3-5,10,12-13,17H,6-9,11H2,1-2H3,(H,25,26). The predicted octanol–water partition coefficient (Wildman–Crippen LogP) is 4.33. The number of piperidine rings is 1. The van der Waals surface area contributed by atoms with Crippen LogP contribution in [-0.2, 0) is 6.42 Å². The van der Waals surface area contributed by atoms with E-state index in [4.69, 9.17) is 5.26 Å². The second-order valence-corrected chi connectivity index (χ2v) is 7.20. The number of nitriles is 1. The highest BCUT2D eigenvalue weighted by atomic mass is 16.4. The Hall–Kier alpha value is -2.80. The summed E-state index contributed by atoms with van der Waals surface area (Å²) in [4.78, 5) is 13.7. The van der Waals surface area contributed by atoms with Gasteiger partial charge in [0.1, 0.15) is 0 Å². The van der Waals surface area contributed by atoms with Crippen molar-refractivity contribution in [3.05, 3.63) is 64.2 Å². The molecule has 1 aliphatic heterocycles. The van der Waals surface area contributed by atoms with Gasteiger partial charge in [-0.15, -0.1) is 0 Å². The van der Waals surface area contributed by atoms with E-state index in [1.807, 2.05) is 37.3 Å². The Bertz CT molecular complexity index is 859. The van der Waals surface area contributed by atoms with Crippen LogP contribution >= 0.6 is 0 Å². The quantitative estimate of drug-likeness (QED) is 0.893. The molecule has 0 amide bonds. The van der Waals surface area contributed by atoms with Gasteiger partial charge in [0, 0.05) is 18.8 Å². The predicted molar refractivity (Wildman–Crippen MR) is 103 cm³/mol. The van der Waals surface area contributed by atoms with E-state index < -0.39 is 5.97 Å². The first-order valence-electron chi connectivity index (χ1n) is 9.06. The average molecular weight is 348 g/mol. The molecule has 2 aromatic carbocycles. The number of aromatic carboxylic acids is 1. The molecule has 26 heavy (non-hydrogen) atoms. The SMILES string of the molecule is Cc1cc(C)c(C(=O)O)cc1CC1CCN(c2cccc(C#N)c2)CC1. The third-order valence-corrected chi connectivity index (χ3v) is 5.38. The van der Waals surface area contributed by atoms with Crippen LogP contribution in [0.5, 0.6) is 0 Å². The third kappa shape index (κ3) is 3.88. The van der Waals surface area contributed by atoms with Crippen molar-refractivity contribution < 1.29 is 9.90 Å². The van der Waals surface area contributed by atoms with Gasteiger partial charge in [0.05, 0.1) is 17.2 Å². The van der Waals surface area contributed by atoms with E-state index in [2.05, 4.69) is 24.0 Å². The van der Waals surface area contributed by atoms with Gasteiger partial charge in [-0.2, -0.15) is 5.26 Å². The number of hydrogen-bond donors (Lipinski definition) is 1. The summed E-state index contributed by atoms with van der Waals surface area (Å²) in [5.41, 5.74) is 5.38. The van der Waals surface area contributed by atoms with E-state index in [-0.39, 0.29) is 0 Å². The van der Waals surface area contributed by atoms with Crippen LogP contribution in [0.4, 0.5) is 5.69 Å². The number of hydrogen-bond acceptors (Lipinski definition) is 3. The first kappa shape index (κ1) is 18.0. The Morgan fingerprint density at radius 1 is 1.19 bits per heavy atom. The highest BCUT2D eigenvalue weighted by molar-refractivity contribution is 5.89. The number of benzene rings is 2. The summed E-state index contributed by atoms with van der Waals surface area (Å²) in [5.74, 6) is -0.288. The zero-order valence-electron chi connectivity index (χ0n) is 15.3. The van der Waals surface area contributed by atoms with Gasteiger partial charge < -0.3 is 10.0 Å². The monoisotopic (exact) mass is 348 g/mol. The van der Waals surface area contributed by atoms with Gasteiger partial charge in [-0.25, -0.2) is 4.79 Å². The molecule has 2 aromatic rings. The van der Waals surface area contributed by atoms with Crippen LogP contribution in [0.1, 0.15) is 45.5 Å². The molecule has 0 spiro atoms. The van der Waals surface area contributed by atoms with Crippen molar-refractivity contribution in [2.24, 2.45) is 5.92 Å². The highest BCUT2D eigenvalue weighted by Gasteiger charge is 2.21. The topological polar surface area (TPSA) is 64.3 Å². The molecule has 1 saturated heterocycles. The fourth-order valence-corrected chi connectivity index (χ4v) is 3.83. The second-order valence-electron chi connectivity index (χ2n) is 7.20. The summed E-state index contributed by atoms with van der Waals surface area (Å²) < 4.78 is 0. The third-order valence-electron chi connectivity index (χ3n) is 5.38. The Kier molecular flexibility index (Phi) is 5.27. The van der Waals surface area contributed by atoms with Crippen molar-refractivity contribution in [3.63, 3.8) is 0 Å². The minimum absolute atomic E-state index is 0.413. The van der Waals surface area contributed by atoms with Crippen molar-refractivity contribution in [2.75, 3.05) is 18.0 Å². The summed E-state index contributed by atoms with van der Waals surface area (Å²) >= 11 is 0. The molecule has 0 saturated carbocycles. The minimum Gasteiger partial charge on any atom is -0.478 e. The maximum atomic E-state index is 11.4. The lowest BCUT2D eigenvalue weighted by molar-refractivity contribution is 0.0696. The van der Waals surface area contributed by atoms with Crippen LogP contribution in [0.25, 0.3) is 0 Å². The summed E-state index contributed by atoms with van der Waals surface area (Å²) in [6.07, 6.45) is 3.08. The molecule has 4 heteroatoms. The fraction of sp³-hybridized carbons (Fsp3) is 0.364. The first-order valence-corrected chi connectivity index (χ1v) is 9.06. The van der Waals surface area contributed by atoms with Gasteiger partial charge in [-0.3, -0.25) is 0 Å². The number of rotatable bonds is 4. The first-order chi connectivity index (χ1) is 12.5. The van der Waals surface area contributed by atoms with Gasteiger partial charge in [0.25, 0.3) is 0 Å². The molecule has 0 radical (unpaired) electrons. The Balaban J connectivity index is 1.67. The van der Waals surface area contributed by atoms with Gasteiger partial charge in [0.15, 0.2) is 0 Å². The Labute approximate surface area is 154 Å². The van der Waals surface area contributed by atoms with Crippen molar-refractivity contribution in [2.45, 2.75) is 33.1 Å². The molecule has 1 N–H and O–H groups in total. The van der Waals surface area contributed by atoms with Gasteiger partial charge in [-0.05, 0) is 80.0 Å². The van der Waals surface area contributed by atoms with E-state index in [1.165, 1.54) is 5.56 Å². The van der Waals surface area contributed by atoms with Crippen molar-refractivity contribution >= 4 is 11.7 Å². The normalized spacial score (nSPS) is 14.9. The van der Waals surface area contributed by atoms with Crippen molar-refractivity contribution in [3.8, 4) is 6.07 Å². The fourth-order valence-electron chi connectivity index (χ4n) is 3.83. The molecule has 1 aliphatic rings. The lowest BCUT2D eigenvalue weighted by atomic mass is 9.87. The minimum atomic E-state index is -0.851. The molecule has 1 fully saturated rings. The zero-order chi connectivity index (χ0) is 18.7. The van der Waals surface area contributed by atoms with Crippen LogP contribution in [-0.4, -0.2) is 24.2 Å². The van der Waals surface area contributed by atoms with Gasteiger partial charge in [0.2, 0.25) is 0 Å². The Morgan fingerprint density at radius 3 is 2.58 bits per heavy atom. The van der Waals surface area contributed by atoms with Gasteiger partial charge >= 0.3 is 5.97 Å². The smallest absolute Gasteiger partial charge is 0.335 e. The van der Waals surface area contributed by atoms with E-state index in [0.29, 0.717) is 17.0 Å². The lowest BCUT2D eigenvalue weighted by Crippen LogP contribution is -2.34. The summed E-state index contributed by atoms with van der Waals surface area (Å²) in [7, 11) is 0. The molecule has 0 atom stereocenters. The number of nitrogens with zero attached hydrogens (tertiary/aromatic N) is 2. The molecular weight excluding hydrogens is 324 g/mol. The van der Waals surface area contributed by atoms with E-state index in [1.54, 1.807) is 0 Å². The highest BCUT2D eigenvalue weighted by Crippen LogP contribution is 2.28. The maximum Gasteiger partial charge on any atom is 0.335 e. The Morgan fingerprint density at radius 2 is 1.92 bits per heavy atom. The summed E-state index contributed by atoms with van der Waals surface area (Å²) in [6, 6.07) is 13.8. The average Bonchev–Trinajstić information content (AvgIpc) is 2.64. The summed E-state index contributed by atoms with van der Waals surface area (Å²) in [5, 5.41) is 18.4. The molecule has 0 unspecified atom stereocenters. The molecule has 0 bridgehead atoms. The molecule has 0 aromatic heterocycles. The number of carboxylic acid groups (broad SMARTS) is 1. The van der Waals surface area contributed by atoms with Gasteiger partial charge in [-0.1, -0.05) is 12.1 Å². The van der Waals surface area contributed by atoms with E-state index in [9.17, 15) is 9.90 Å². The van der Waals surface area contributed by atoms with E-state index in [0.717, 1.165) is 49.2 Å². The van der Waals surface area contributed by atoms with Crippen LogP contribution in [0.3, 0.4) is 0 Å². The molecule has 134 valence electrons. The molecular formula is C22H24N2O2. The molecule has 0 aliphatic carbocycles.